The Morgan fingerprint density at radius 2 is 1.52 bits per heavy atom. The van der Waals surface area contributed by atoms with Crippen LogP contribution in [-0.4, -0.2) is 17.3 Å². The molecule has 0 radical (unpaired) electrons. The molecule has 0 heterocycles. The zero-order valence-corrected chi connectivity index (χ0v) is 19.9. The first-order valence-electron chi connectivity index (χ1n) is 10.5. The summed E-state index contributed by atoms with van der Waals surface area (Å²) in [6.45, 7) is 6.31. The summed E-state index contributed by atoms with van der Waals surface area (Å²) in [5, 5.41) is 0. The van der Waals surface area contributed by atoms with E-state index in [-0.39, 0.29) is 17.5 Å². The molecule has 2 nitrogen and oxygen atoms in total. The predicted octanol–water partition coefficient (Wildman–Crippen LogP) is 6.70. The van der Waals surface area contributed by atoms with Gasteiger partial charge >= 0.3 is 0 Å². The van der Waals surface area contributed by atoms with E-state index in [0.717, 1.165) is 46.2 Å². The molecule has 0 saturated heterocycles. The van der Waals surface area contributed by atoms with Crippen molar-refractivity contribution in [2.24, 2.45) is 5.92 Å². The molecular weight excluding hydrogens is 444 g/mol. The van der Waals surface area contributed by atoms with Gasteiger partial charge in [0, 0.05) is 22.2 Å². The average molecular weight is 473 g/mol. The lowest BCUT2D eigenvalue weighted by atomic mass is 9.73. The second-order valence-electron chi connectivity index (χ2n) is 7.93. The quantitative estimate of drug-likeness (QED) is 0.332. The van der Waals surface area contributed by atoms with Crippen molar-refractivity contribution in [2.75, 3.05) is 5.75 Å². The van der Waals surface area contributed by atoms with Crippen LogP contribution in [0.15, 0.2) is 45.8 Å². The molecule has 154 valence electrons. The van der Waals surface area contributed by atoms with Crippen LogP contribution in [0.25, 0.3) is 0 Å². The Labute approximate surface area is 187 Å². The normalized spacial score (nSPS) is 19.6. The predicted molar refractivity (Wildman–Crippen MR) is 125 cm³/mol. The summed E-state index contributed by atoms with van der Waals surface area (Å²) in [6, 6.07) is 12.6. The van der Waals surface area contributed by atoms with E-state index < -0.39 is 5.92 Å². The van der Waals surface area contributed by atoms with Crippen molar-refractivity contribution in [1.82, 2.24) is 0 Å². The van der Waals surface area contributed by atoms with E-state index in [9.17, 15) is 9.59 Å². The van der Waals surface area contributed by atoms with Gasteiger partial charge in [0.25, 0.3) is 0 Å². The summed E-state index contributed by atoms with van der Waals surface area (Å²) in [4.78, 5) is 27.4. The molecule has 1 aliphatic carbocycles. The van der Waals surface area contributed by atoms with Gasteiger partial charge in [-0.15, -0.1) is 11.8 Å². The summed E-state index contributed by atoms with van der Waals surface area (Å²) in [5.41, 5.74) is 4.55. The van der Waals surface area contributed by atoms with Crippen LogP contribution in [0.2, 0.25) is 0 Å². The first-order chi connectivity index (χ1) is 13.9. The molecule has 0 bridgehead atoms. The first kappa shape index (κ1) is 22.3. The number of rotatable bonds is 7. The molecule has 4 heteroatoms. The molecule has 2 aromatic carbocycles. The number of Topliss-reactive ketones (excluding diaryl/α,β-unsaturated/α-hetero) is 2. The Bertz CT molecular complexity index is 845. The van der Waals surface area contributed by atoms with Crippen LogP contribution >= 0.6 is 27.7 Å². The van der Waals surface area contributed by atoms with Crippen LogP contribution in [0.5, 0.6) is 0 Å². The number of benzene rings is 2. The Balaban J connectivity index is 1.68. The van der Waals surface area contributed by atoms with Gasteiger partial charge in [0.05, 0.1) is 0 Å². The molecule has 0 amide bonds. The maximum Gasteiger partial charge on any atom is 0.148 e. The SMILES string of the molecule is CCc1cc(C)cc(CC)c1C1C(=O)CC(CCSc2ccc(Br)cc2)CC1=O. The van der Waals surface area contributed by atoms with Crippen molar-refractivity contribution >= 4 is 39.3 Å². The highest BCUT2D eigenvalue weighted by Gasteiger charge is 2.38. The highest BCUT2D eigenvalue weighted by molar-refractivity contribution is 9.10. The van der Waals surface area contributed by atoms with Crippen molar-refractivity contribution in [1.29, 1.82) is 0 Å². The van der Waals surface area contributed by atoms with Crippen molar-refractivity contribution < 1.29 is 9.59 Å². The minimum atomic E-state index is -0.545. The lowest BCUT2D eigenvalue weighted by Crippen LogP contribution is -2.33. The fraction of sp³-hybridized carbons (Fsp3) is 0.440. The fourth-order valence-electron chi connectivity index (χ4n) is 4.37. The molecule has 1 saturated carbocycles. The first-order valence-corrected chi connectivity index (χ1v) is 12.3. The number of carbonyl (C=O) groups excluding carboxylic acids is 2. The molecule has 29 heavy (non-hydrogen) atoms. The lowest BCUT2D eigenvalue weighted by molar-refractivity contribution is -0.133. The number of carbonyl (C=O) groups is 2. The molecule has 0 atom stereocenters. The van der Waals surface area contributed by atoms with E-state index >= 15 is 0 Å². The van der Waals surface area contributed by atoms with Gasteiger partial charge in [-0.25, -0.2) is 0 Å². The Morgan fingerprint density at radius 1 is 0.966 bits per heavy atom. The Kier molecular flexibility index (Phi) is 7.75. The van der Waals surface area contributed by atoms with Crippen molar-refractivity contribution in [3.05, 3.63) is 63.1 Å². The van der Waals surface area contributed by atoms with Crippen LogP contribution in [0, 0.1) is 12.8 Å². The van der Waals surface area contributed by atoms with E-state index in [1.54, 1.807) is 11.8 Å². The minimum absolute atomic E-state index is 0.119. The number of aryl methyl sites for hydroxylation is 3. The monoisotopic (exact) mass is 472 g/mol. The average Bonchev–Trinajstić information content (AvgIpc) is 2.69. The molecule has 3 rings (SSSR count). The third kappa shape index (κ3) is 5.40. The van der Waals surface area contributed by atoms with Gasteiger partial charge in [0.1, 0.15) is 17.5 Å². The fourth-order valence-corrected chi connectivity index (χ4v) is 5.65. The highest BCUT2D eigenvalue weighted by Crippen LogP contribution is 2.37. The number of hydrogen-bond donors (Lipinski definition) is 0. The van der Waals surface area contributed by atoms with Gasteiger partial charge in [-0.2, -0.15) is 0 Å². The number of thioether (sulfide) groups is 1. The second-order valence-corrected chi connectivity index (χ2v) is 10.0. The molecular formula is C25H29BrO2S. The number of ketones is 2. The van der Waals surface area contributed by atoms with E-state index in [0.29, 0.717) is 12.8 Å². The van der Waals surface area contributed by atoms with Gasteiger partial charge in [-0.05, 0) is 78.8 Å². The summed E-state index contributed by atoms with van der Waals surface area (Å²) < 4.78 is 1.07. The molecule has 1 fully saturated rings. The molecule has 0 aromatic heterocycles. The smallest absolute Gasteiger partial charge is 0.148 e. The summed E-state index contributed by atoms with van der Waals surface area (Å²) in [5.74, 6) is 0.801. The molecule has 2 aromatic rings. The zero-order chi connectivity index (χ0) is 21.0. The number of halogens is 1. The largest absolute Gasteiger partial charge is 0.299 e. The van der Waals surface area contributed by atoms with Crippen LogP contribution in [0.3, 0.4) is 0 Å². The van der Waals surface area contributed by atoms with Crippen LogP contribution in [0.4, 0.5) is 0 Å². The van der Waals surface area contributed by atoms with Gasteiger partial charge < -0.3 is 0 Å². The third-order valence-electron chi connectivity index (χ3n) is 5.78. The summed E-state index contributed by atoms with van der Waals surface area (Å²) in [6.07, 6.45) is 3.66. The van der Waals surface area contributed by atoms with Crippen molar-refractivity contribution in [3.63, 3.8) is 0 Å². The van der Waals surface area contributed by atoms with Crippen LogP contribution in [-0.2, 0) is 22.4 Å². The minimum Gasteiger partial charge on any atom is -0.299 e. The molecule has 0 aliphatic heterocycles. The van der Waals surface area contributed by atoms with E-state index in [2.05, 4.69) is 61.0 Å². The Morgan fingerprint density at radius 3 is 2.03 bits per heavy atom. The number of hydrogen-bond acceptors (Lipinski definition) is 3. The van der Waals surface area contributed by atoms with Gasteiger partial charge in [-0.1, -0.05) is 47.5 Å². The Hall–Kier alpha value is -1.39. The van der Waals surface area contributed by atoms with E-state index in [4.69, 9.17) is 0 Å². The van der Waals surface area contributed by atoms with Gasteiger partial charge in [0.15, 0.2) is 0 Å². The standard InChI is InChI=1S/C25H29BrO2S/c1-4-18-12-16(3)13-19(5-2)24(18)25-22(27)14-17(15-23(25)28)10-11-29-21-8-6-20(26)7-9-21/h6-9,12-13,17,25H,4-5,10-11,14-15H2,1-3H3. The second kappa shape index (κ2) is 10.1. The molecule has 0 N–H and O–H groups in total. The van der Waals surface area contributed by atoms with Crippen LogP contribution < -0.4 is 0 Å². The molecule has 1 aliphatic rings. The maximum atomic E-state index is 13.1. The summed E-state index contributed by atoms with van der Waals surface area (Å²) in [7, 11) is 0. The lowest BCUT2D eigenvalue weighted by Gasteiger charge is -2.29. The van der Waals surface area contributed by atoms with Crippen molar-refractivity contribution in [2.45, 2.75) is 63.7 Å². The molecule has 0 unspecified atom stereocenters. The topological polar surface area (TPSA) is 34.1 Å². The van der Waals surface area contributed by atoms with E-state index in [1.807, 2.05) is 12.1 Å². The summed E-state index contributed by atoms with van der Waals surface area (Å²) >= 11 is 5.25. The molecule has 0 spiro atoms. The zero-order valence-electron chi connectivity index (χ0n) is 17.5. The van der Waals surface area contributed by atoms with Crippen molar-refractivity contribution in [3.8, 4) is 0 Å². The highest BCUT2D eigenvalue weighted by atomic mass is 79.9. The van der Waals surface area contributed by atoms with Crippen LogP contribution in [0.1, 0.15) is 61.3 Å². The third-order valence-corrected chi connectivity index (χ3v) is 7.35. The van der Waals surface area contributed by atoms with E-state index in [1.165, 1.54) is 10.5 Å². The maximum absolute atomic E-state index is 13.1. The van der Waals surface area contributed by atoms with Gasteiger partial charge in [0.2, 0.25) is 0 Å². The van der Waals surface area contributed by atoms with Gasteiger partial charge in [-0.3, -0.25) is 9.59 Å².